The molecule has 3 nitrogen and oxygen atoms in total. The summed E-state index contributed by atoms with van der Waals surface area (Å²) in [7, 11) is 0. The predicted octanol–water partition coefficient (Wildman–Crippen LogP) is 8.53. The number of hydrogen-bond donors (Lipinski definition) is 2. The van der Waals surface area contributed by atoms with Gasteiger partial charge in [-0.3, -0.25) is 0 Å². The Morgan fingerprint density at radius 3 is 1.41 bits per heavy atom. The second kappa shape index (κ2) is 9.75. The SMILES string of the molecule is O=C(Nc1ccc(Cl)c(-c2cccc(F)c2F)c1)Nc1ccc(Cl)c(-c2cccc(F)c2F)c1. The van der Waals surface area contributed by atoms with E-state index in [1.54, 1.807) is 0 Å². The zero-order valence-corrected chi connectivity index (χ0v) is 18.6. The molecular formula is C25H14Cl2F4N2O. The van der Waals surface area contributed by atoms with Crippen molar-refractivity contribution in [3.05, 3.63) is 106 Å². The van der Waals surface area contributed by atoms with Crippen LogP contribution < -0.4 is 10.6 Å². The molecule has 4 aromatic carbocycles. The number of carbonyl (C=O) groups is 1. The number of rotatable bonds is 4. The zero-order chi connectivity index (χ0) is 24.4. The fourth-order valence-electron chi connectivity index (χ4n) is 3.34. The van der Waals surface area contributed by atoms with Crippen LogP contribution in [0.15, 0.2) is 72.8 Å². The first kappa shape index (κ1) is 23.6. The maximum absolute atomic E-state index is 14.2. The number of halogens is 6. The molecule has 4 aromatic rings. The van der Waals surface area contributed by atoms with Crippen molar-refractivity contribution in [1.29, 1.82) is 0 Å². The molecule has 9 heteroatoms. The lowest BCUT2D eigenvalue weighted by molar-refractivity contribution is 0.262. The number of benzene rings is 4. The van der Waals surface area contributed by atoms with E-state index in [2.05, 4.69) is 10.6 Å². The highest BCUT2D eigenvalue weighted by Crippen LogP contribution is 2.34. The Bertz CT molecular complexity index is 1310. The summed E-state index contributed by atoms with van der Waals surface area (Å²) in [5, 5.41) is 5.45. The summed E-state index contributed by atoms with van der Waals surface area (Å²) in [6, 6.07) is 15.3. The van der Waals surface area contributed by atoms with Crippen LogP contribution in [0.1, 0.15) is 0 Å². The van der Waals surface area contributed by atoms with Crippen LogP contribution in [0, 0.1) is 23.3 Å². The smallest absolute Gasteiger partial charge is 0.308 e. The molecule has 0 saturated carbocycles. The van der Waals surface area contributed by atoms with Gasteiger partial charge < -0.3 is 10.6 Å². The molecule has 172 valence electrons. The molecule has 0 bridgehead atoms. The van der Waals surface area contributed by atoms with Gasteiger partial charge >= 0.3 is 6.03 Å². The Balaban J connectivity index is 1.57. The summed E-state index contributed by atoms with van der Waals surface area (Å²) in [6.45, 7) is 0. The summed E-state index contributed by atoms with van der Waals surface area (Å²) in [5.41, 5.74) is 0.762. The van der Waals surface area contributed by atoms with Crippen molar-refractivity contribution < 1.29 is 22.4 Å². The van der Waals surface area contributed by atoms with Crippen molar-refractivity contribution in [2.24, 2.45) is 0 Å². The minimum atomic E-state index is -1.07. The van der Waals surface area contributed by atoms with Crippen molar-refractivity contribution in [2.75, 3.05) is 10.6 Å². The van der Waals surface area contributed by atoms with Crippen LogP contribution in [0.2, 0.25) is 10.0 Å². The zero-order valence-electron chi connectivity index (χ0n) is 17.1. The highest BCUT2D eigenvalue weighted by atomic mass is 35.5. The Kier molecular flexibility index (Phi) is 6.77. The van der Waals surface area contributed by atoms with E-state index in [9.17, 15) is 22.4 Å². The van der Waals surface area contributed by atoms with E-state index in [1.165, 1.54) is 60.7 Å². The van der Waals surface area contributed by atoms with Crippen molar-refractivity contribution in [3.8, 4) is 22.3 Å². The van der Waals surface area contributed by atoms with E-state index in [0.717, 1.165) is 12.1 Å². The largest absolute Gasteiger partial charge is 0.323 e. The summed E-state index contributed by atoms with van der Waals surface area (Å²) in [6.07, 6.45) is 0. The van der Waals surface area contributed by atoms with Gasteiger partial charge in [-0.25, -0.2) is 22.4 Å². The van der Waals surface area contributed by atoms with E-state index >= 15 is 0 Å². The molecule has 0 aromatic heterocycles. The van der Waals surface area contributed by atoms with Gasteiger partial charge in [0.15, 0.2) is 23.3 Å². The van der Waals surface area contributed by atoms with Crippen LogP contribution in [-0.4, -0.2) is 6.03 Å². The van der Waals surface area contributed by atoms with Crippen molar-refractivity contribution in [3.63, 3.8) is 0 Å². The Morgan fingerprint density at radius 1 is 0.588 bits per heavy atom. The quantitative estimate of drug-likeness (QED) is 0.268. The molecule has 2 amide bonds. The average Bonchev–Trinajstić information content (AvgIpc) is 2.80. The summed E-state index contributed by atoms with van der Waals surface area (Å²) in [4.78, 5) is 12.5. The van der Waals surface area contributed by atoms with Crippen molar-refractivity contribution in [2.45, 2.75) is 0 Å². The molecule has 34 heavy (non-hydrogen) atoms. The number of amides is 2. The third-order valence-corrected chi connectivity index (χ3v) is 5.59. The second-order valence-corrected chi connectivity index (χ2v) is 7.99. The Hall–Kier alpha value is -3.55. The van der Waals surface area contributed by atoms with Gasteiger partial charge in [-0.15, -0.1) is 0 Å². The van der Waals surface area contributed by atoms with E-state index in [4.69, 9.17) is 23.2 Å². The molecule has 2 N–H and O–H groups in total. The van der Waals surface area contributed by atoms with Gasteiger partial charge in [-0.2, -0.15) is 0 Å². The molecule has 0 heterocycles. The summed E-state index contributed by atoms with van der Waals surface area (Å²) < 4.78 is 55.7. The third kappa shape index (κ3) is 4.85. The monoisotopic (exact) mass is 504 g/mol. The highest BCUT2D eigenvalue weighted by molar-refractivity contribution is 6.34. The molecule has 0 atom stereocenters. The standard InChI is InChI=1S/C25H14Cl2F4N2O/c26-19-9-7-13(11-17(19)15-3-1-5-21(28)23(15)30)32-25(34)33-14-8-10-20(27)18(12-14)16-4-2-6-22(29)24(16)31/h1-12H,(H2,32,33,34). The topological polar surface area (TPSA) is 41.1 Å². The van der Waals surface area contributed by atoms with Crippen LogP contribution >= 0.6 is 23.2 Å². The second-order valence-electron chi connectivity index (χ2n) is 7.17. The van der Waals surface area contributed by atoms with Gasteiger partial charge in [0.25, 0.3) is 0 Å². The molecule has 0 unspecified atom stereocenters. The molecule has 0 aliphatic rings. The Labute approximate surface area is 201 Å². The number of hydrogen-bond acceptors (Lipinski definition) is 1. The minimum Gasteiger partial charge on any atom is -0.308 e. The lowest BCUT2D eigenvalue weighted by atomic mass is 10.0. The van der Waals surface area contributed by atoms with Gasteiger partial charge in [0.2, 0.25) is 0 Å². The number of anilines is 2. The molecule has 0 fully saturated rings. The lowest BCUT2D eigenvalue weighted by Gasteiger charge is -2.13. The molecular weight excluding hydrogens is 491 g/mol. The lowest BCUT2D eigenvalue weighted by Crippen LogP contribution is -2.19. The van der Waals surface area contributed by atoms with E-state index in [-0.39, 0.29) is 43.7 Å². The van der Waals surface area contributed by atoms with E-state index < -0.39 is 29.3 Å². The number of nitrogens with one attached hydrogen (secondary N) is 2. The van der Waals surface area contributed by atoms with Gasteiger partial charge in [-0.1, -0.05) is 47.5 Å². The molecule has 0 aliphatic heterocycles. The summed E-state index contributed by atoms with van der Waals surface area (Å²) in [5.74, 6) is -4.19. The van der Waals surface area contributed by atoms with Crippen molar-refractivity contribution in [1.82, 2.24) is 0 Å². The molecule has 0 saturated heterocycles. The van der Waals surface area contributed by atoms with Crippen molar-refractivity contribution >= 4 is 40.6 Å². The van der Waals surface area contributed by atoms with Crippen LogP contribution in [0.5, 0.6) is 0 Å². The maximum atomic E-state index is 14.2. The number of urea groups is 1. The maximum Gasteiger partial charge on any atom is 0.323 e. The fourth-order valence-corrected chi connectivity index (χ4v) is 3.77. The molecule has 4 rings (SSSR count). The van der Waals surface area contributed by atoms with E-state index in [0.29, 0.717) is 0 Å². The highest BCUT2D eigenvalue weighted by Gasteiger charge is 2.16. The van der Waals surface area contributed by atoms with Gasteiger partial charge in [0, 0.05) is 43.7 Å². The van der Waals surface area contributed by atoms with Crippen LogP contribution in [0.3, 0.4) is 0 Å². The first-order valence-corrected chi connectivity index (χ1v) is 10.6. The van der Waals surface area contributed by atoms with Crippen LogP contribution in [-0.2, 0) is 0 Å². The number of carbonyl (C=O) groups excluding carboxylic acids is 1. The third-order valence-electron chi connectivity index (χ3n) is 4.93. The first-order chi connectivity index (χ1) is 16.2. The van der Waals surface area contributed by atoms with Gasteiger partial charge in [0.05, 0.1) is 0 Å². The van der Waals surface area contributed by atoms with E-state index in [1.807, 2.05) is 0 Å². The normalized spacial score (nSPS) is 10.8. The van der Waals surface area contributed by atoms with Gasteiger partial charge in [-0.05, 0) is 48.5 Å². The van der Waals surface area contributed by atoms with Crippen LogP contribution in [0.4, 0.5) is 33.7 Å². The van der Waals surface area contributed by atoms with Gasteiger partial charge in [0.1, 0.15) is 0 Å². The predicted molar refractivity (Wildman–Crippen MR) is 126 cm³/mol. The summed E-state index contributed by atoms with van der Waals surface area (Å²) >= 11 is 12.3. The Morgan fingerprint density at radius 2 is 1.00 bits per heavy atom. The molecule has 0 spiro atoms. The van der Waals surface area contributed by atoms with Crippen LogP contribution in [0.25, 0.3) is 22.3 Å². The first-order valence-electron chi connectivity index (χ1n) is 9.80. The molecule has 0 aliphatic carbocycles. The fraction of sp³-hybridized carbons (Fsp3) is 0. The molecule has 0 radical (unpaired) electrons. The minimum absolute atomic E-state index is 0.0616. The average molecular weight is 505 g/mol.